The number of aryl methyl sites for hydroxylation is 1. The van der Waals surface area contributed by atoms with Crippen molar-refractivity contribution in [2.45, 2.75) is 19.4 Å². The summed E-state index contributed by atoms with van der Waals surface area (Å²) >= 11 is 0. The van der Waals surface area contributed by atoms with Gasteiger partial charge in [0.15, 0.2) is 0 Å². The van der Waals surface area contributed by atoms with Crippen LogP contribution in [0.1, 0.15) is 11.1 Å². The number of rotatable bonds is 6. The minimum Gasteiger partial charge on any atom is -0.480 e. The van der Waals surface area contributed by atoms with Crippen molar-refractivity contribution in [3.8, 4) is 11.1 Å². The first-order chi connectivity index (χ1) is 10.1. The number of hydrogen-bond donors (Lipinski definition) is 2. The van der Waals surface area contributed by atoms with Crippen molar-refractivity contribution >= 4 is 12.4 Å². The van der Waals surface area contributed by atoms with Gasteiger partial charge in [0.05, 0.1) is 0 Å². The van der Waals surface area contributed by atoms with Crippen LogP contribution in [0.4, 0.5) is 0 Å². The normalized spacial score (nSPS) is 11.7. The van der Waals surface area contributed by atoms with Crippen LogP contribution in [0, 0.1) is 6.92 Å². The molecule has 0 aliphatic carbocycles. The Hall–Kier alpha value is -2.62. The number of carboxylic acids is 1. The predicted octanol–water partition coefficient (Wildman–Crippen LogP) is 2.40. The van der Waals surface area contributed by atoms with E-state index in [1.54, 1.807) is 0 Å². The van der Waals surface area contributed by atoms with Gasteiger partial charge in [-0.25, -0.2) is 4.79 Å². The van der Waals surface area contributed by atoms with Crippen LogP contribution in [0.5, 0.6) is 0 Å². The van der Waals surface area contributed by atoms with Crippen molar-refractivity contribution in [2.75, 3.05) is 0 Å². The number of hydrogen-bond acceptors (Lipinski definition) is 2. The molecule has 2 aromatic rings. The molecule has 0 spiro atoms. The highest BCUT2D eigenvalue weighted by molar-refractivity contribution is 5.76. The van der Waals surface area contributed by atoms with E-state index in [2.05, 4.69) is 29.6 Å². The molecule has 2 aromatic carbocycles. The van der Waals surface area contributed by atoms with Crippen LogP contribution in [0.25, 0.3) is 11.1 Å². The number of amides is 1. The van der Waals surface area contributed by atoms with Crippen LogP contribution in [-0.4, -0.2) is 23.5 Å². The van der Waals surface area contributed by atoms with Crippen molar-refractivity contribution in [2.24, 2.45) is 0 Å². The second-order valence-corrected chi connectivity index (χ2v) is 4.94. The number of carbonyl (C=O) groups is 2. The lowest BCUT2D eigenvalue weighted by atomic mass is 10.00. The lowest BCUT2D eigenvalue weighted by molar-refractivity contribution is -0.140. The Balaban J connectivity index is 2.13. The first kappa shape index (κ1) is 14.8. The molecule has 1 amide bonds. The smallest absolute Gasteiger partial charge is 0.326 e. The van der Waals surface area contributed by atoms with Crippen molar-refractivity contribution < 1.29 is 14.7 Å². The fraction of sp³-hybridized carbons (Fsp3) is 0.176. The number of benzene rings is 2. The number of aliphatic carboxylic acids is 1. The topological polar surface area (TPSA) is 66.4 Å². The molecular weight excluding hydrogens is 266 g/mol. The van der Waals surface area contributed by atoms with Gasteiger partial charge in [0.2, 0.25) is 6.41 Å². The van der Waals surface area contributed by atoms with E-state index in [0.29, 0.717) is 6.41 Å². The van der Waals surface area contributed by atoms with Crippen molar-refractivity contribution in [1.29, 1.82) is 0 Å². The fourth-order valence-electron chi connectivity index (χ4n) is 2.11. The highest BCUT2D eigenvalue weighted by Crippen LogP contribution is 2.20. The van der Waals surface area contributed by atoms with E-state index in [9.17, 15) is 9.59 Å². The number of carboxylic acid groups (broad SMARTS) is 1. The highest BCUT2D eigenvalue weighted by Gasteiger charge is 2.16. The molecule has 0 unspecified atom stereocenters. The third kappa shape index (κ3) is 3.92. The molecule has 108 valence electrons. The van der Waals surface area contributed by atoms with Gasteiger partial charge < -0.3 is 10.4 Å². The maximum atomic E-state index is 11.0. The van der Waals surface area contributed by atoms with E-state index < -0.39 is 12.0 Å². The first-order valence-electron chi connectivity index (χ1n) is 6.68. The van der Waals surface area contributed by atoms with E-state index in [0.717, 1.165) is 16.7 Å². The predicted molar refractivity (Wildman–Crippen MR) is 80.9 cm³/mol. The van der Waals surface area contributed by atoms with Gasteiger partial charge >= 0.3 is 5.97 Å². The Morgan fingerprint density at radius 2 is 1.62 bits per heavy atom. The van der Waals surface area contributed by atoms with Gasteiger partial charge in [0.25, 0.3) is 0 Å². The van der Waals surface area contributed by atoms with Gasteiger partial charge in [0, 0.05) is 6.42 Å². The summed E-state index contributed by atoms with van der Waals surface area (Å²) in [6.45, 7) is 2.04. The molecular formula is C17H17NO3. The van der Waals surface area contributed by atoms with Crippen molar-refractivity contribution in [1.82, 2.24) is 5.32 Å². The summed E-state index contributed by atoms with van der Waals surface area (Å²) in [5, 5.41) is 11.3. The maximum Gasteiger partial charge on any atom is 0.326 e. The lowest BCUT2D eigenvalue weighted by Gasteiger charge is -2.11. The summed E-state index contributed by atoms with van der Waals surface area (Å²) in [6, 6.07) is 15.0. The fourth-order valence-corrected chi connectivity index (χ4v) is 2.11. The Bertz CT molecular complexity index is 617. The van der Waals surface area contributed by atoms with Crippen molar-refractivity contribution in [3.63, 3.8) is 0 Å². The monoisotopic (exact) mass is 283 g/mol. The van der Waals surface area contributed by atoms with Crippen LogP contribution in [0.2, 0.25) is 0 Å². The Kier molecular flexibility index (Phi) is 4.72. The minimum absolute atomic E-state index is 0.266. The maximum absolute atomic E-state index is 11.0. The zero-order chi connectivity index (χ0) is 15.2. The van der Waals surface area contributed by atoms with Crippen LogP contribution in [0.15, 0.2) is 48.5 Å². The second-order valence-electron chi connectivity index (χ2n) is 4.94. The molecule has 0 radical (unpaired) electrons. The van der Waals surface area contributed by atoms with Gasteiger partial charge in [-0.3, -0.25) is 4.79 Å². The molecule has 0 heterocycles. The number of nitrogens with one attached hydrogen (secondary N) is 1. The second kappa shape index (κ2) is 6.70. The van der Waals surface area contributed by atoms with Gasteiger partial charge in [-0.1, -0.05) is 54.1 Å². The van der Waals surface area contributed by atoms with Crippen LogP contribution >= 0.6 is 0 Å². The first-order valence-corrected chi connectivity index (χ1v) is 6.68. The van der Waals surface area contributed by atoms with Gasteiger partial charge in [-0.05, 0) is 23.6 Å². The Morgan fingerprint density at radius 3 is 2.10 bits per heavy atom. The van der Waals surface area contributed by atoms with E-state index in [4.69, 9.17) is 5.11 Å². The Morgan fingerprint density at radius 1 is 1.10 bits per heavy atom. The highest BCUT2D eigenvalue weighted by atomic mass is 16.4. The molecule has 0 bridgehead atoms. The molecule has 4 nitrogen and oxygen atoms in total. The Labute approximate surface area is 123 Å². The van der Waals surface area contributed by atoms with E-state index in [1.165, 1.54) is 5.56 Å². The SMILES string of the molecule is Cc1ccc(-c2ccc(C[C@H](NC=O)C(=O)O)cc2)cc1. The molecule has 2 rings (SSSR count). The van der Waals surface area contributed by atoms with Crippen LogP contribution in [0.3, 0.4) is 0 Å². The summed E-state index contributed by atoms with van der Waals surface area (Å²) in [4.78, 5) is 21.4. The molecule has 21 heavy (non-hydrogen) atoms. The summed E-state index contributed by atoms with van der Waals surface area (Å²) < 4.78 is 0. The molecule has 4 heteroatoms. The van der Waals surface area contributed by atoms with Crippen LogP contribution < -0.4 is 5.32 Å². The largest absolute Gasteiger partial charge is 0.480 e. The molecule has 2 N–H and O–H groups in total. The molecule has 0 aliphatic rings. The number of carbonyl (C=O) groups excluding carboxylic acids is 1. The summed E-state index contributed by atoms with van der Waals surface area (Å²) in [7, 11) is 0. The third-order valence-corrected chi connectivity index (χ3v) is 3.35. The molecule has 0 saturated carbocycles. The van der Waals surface area contributed by atoms with Gasteiger partial charge in [-0.2, -0.15) is 0 Å². The molecule has 0 aliphatic heterocycles. The molecule has 1 atom stereocenters. The quantitative estimate of drug-likeness (QED) is 0.800. The van der Waals surface area contributed by atoms with E-state index in [-0.39, 0.29) is 6.42 Å². The third-order valence-electron chi connectivity index (χ3n) is 3.35. The molecule has 0 aromatic heterocycles. The average Bonchev–Trinajstić information content (AvgIpc) is 2.48. The molecule has 0 fully saturated rings. The van der Waals surface area contributed by atoms with Gasteiger partial charge in [0.1, 0.15) is 6.04 Å². The lowest BCUT2D eigenvalue weighted by Crippen LogP contribution is -2.37. The van der Waals surface area contributed by atoms with E-state index in [1.807, 2.05) is 31.2 Å². The molecule has 0 saturated heterocycles. The van der Waals surface area contributed by atoms with Crippen molar-refractivity contribution in [3.05, 3.63) is 59.7 Å². The average molecular weight is 283 g/mol. The summed E-state index contributed by atoms with van der Waals surface area (Å²) in [6.07, 6.45) is 0.682. The minimum atomic E-state index is -1.04. The van der Waals surface area contributed by atoms with Gasteiger partial charge in [-0.15, -0.1) is 0 Å². The summed E-state index contributed by atoms with van der Waals surface area (Å²) in [5.74, 6) is -1.04. The summed E-state index contributed by atoms with van der Waals surface area (Å²) in [5.41, 5.74) is 4.27. The van der Waals surface area contributed by atoms with E-state index >= 15 is 0 Å². The zero-order valence-electron chi connectivity index (χ0n) is 11.7. The zero-order valence-corrected chi connectivity index (χ0v) is 11.7. The van der Waals surface area contributed by atoms with Crippen LogP contribution in [-0.2, 0) is 16.0 Å². The standard InChI is InChI=1S/C17H17NO3/c1-12-2-6-14(7-3-12)15-8-4-13(5-9-15)10-16(17(20)21)18-11-19/h2-9,11,16H,10H2,1H3,(H,18,19)(H,20,21)/t16-/m0/s1.